The van der Waals surface area contributed by atoms with Crippen LogP contribution in [0.25, 0.3) is 22.4 Å². The number of amides is 1. The summed E-state index contributed by atoms with van der Waals surface area (Å²) in [6, 6.07) is 5.74. The molecule has 1 N–H and O–H groups in total. The molecular formula is C23H31N5O3. The maximum atomic E-state index is 12.7. The highest BCUT2D eigenvalue weighted by molar-refractivity contribution is 5.76. The van der Waals surface area contributed by atoms with E-state index < -0.39 is 11.7 Å². The third kappa shape index (κ3) is 5.51. The second kappa shape index (κ2) is 8.17. The Morgan fingerprint density at radius 2 is 1.84 bits per heavy atom. The van der Waals surface area contributed by atoms with Gasteiger partial charge in [-0.25, -0.2) is 14.6 Å². The average molecular weight is 426 g/mol. The quantitative estimate of drug-likeness (QED) is 0.685. The molecule has 1 amide bonds. The third-order valence-electron chi connectivity index (χ3n) is 4.54. The molecule has 3 heterocycles. The molecule has 31 heavy (non-hydrogen) atoms. The predicted molar refractivity (Wildman–Crippen MR) is 121 cm³/mol. The van der Waals surface area contributed by atoms with Crippen LogP contribution in [0.5, 0.6) is 0 Å². The fraction of sp³-hybridized carbons (Fsp3) is 0.478. The molecule has 0 aliphatic heterocycles. The second-order valence-corrected chi connectivity index (χ2v) is 9.96. The van der Waals surface area contributed by atoms with E-state index in [1.165, 1.54) is 0 Å². The minimum atomic E-state index is -0.553. The molecule has 0 fully saturated rings. The van der Waals surface area contributed by atoms with Gasteiger partial charge in [-0.2, -0.15) is 0 Å². The van der Waals surface area contributed by atoms with Crippen molar-refractivity contribution in [3.8, 4) is 11.3 Å². The molecule has 0 aliphatic rings. The number of aromatic nitrogens is 4. The number of aryl methyl sites for hydroxylation is 1. The summed E-state index contributed by atoms with van der Waals surface area (Å²) >= 11 is 0. The van der Waals surface area contributed by atoms with Gasteiger partial charge < -0.3 is 10.1 Å². The van der Waals surface area contributed by atoms with Crippen LogP contribution in [0.2, 0.25) is 0 Å². The van der Waals surface area contributed by atoms with Gasteiger partial charge in [-0.15, -0.1) is 0 Å². The number of nitrogens with one attached hydrogen (secondary N) is 1. The Hall–Kier alpha value is -3.16. The lowest BCUT2D eigenvalue weighted by Gasteiger charge is -2.19. The summed E-state index contributed by atoms with van der Waals surface area (Å²) in [6.07, 6.45) is 2.93. The first-order chi connectivity index (χ1) is 14.3. The van der Waals surface area contributed by atoms with Crippen LogP contribution in [0, 0.1) is 5.41 Å². The minimum absolute atomic E-state index is 0.0316. The maximum Gasteiger partial charge on any atom is 0.407 e. The summed E-state index contributed by atoms with van der Waals surface area (Å²) in [5.41, 5.74) is 3.11. The van der Waals surface area contributed by atoms with Crippen molar-refractivity contribution in [2.75, 3.05) is 0 Å². The third-order valence-corrected chi connectivity index (χ3v) is 4.54. The number of alkyl carbamates (subject to hydrolysis) is 1. The second-order valence-electron chi connectivity index (χ2n) is 9.96. The van der Waals surface area contributed by atoms with Gasteiger partial charge in [0.25, 0.3) is 0 Å². The SMILES string of the molecule is Cn1c(=O)n(CC(C)(C)C)c2ccc(-c3cncc(CNC(=O)OC(C)(C)C)c3)nc21. The highest BCUT2D eigenvalue weighted by atomic mass is 16.6. The van der Waals surface area contributed by atoms with Gasteiger partial charge in [0.05, 0.1) is 11.2 Å². The number of imidazole rings is 1. The van der Waals surface area contributed by atoms with Crippen molar-refractivity contribution < 1.29 is 9.53 Å². The molecule has 3 aromatic rings. The first kappa shape index (κ1) is 22.5. The van der Waals surface area contributed by atoms with Crippen molar-refractivity contribution in [3.63, 3.8) is 0 Å². The van der Waals surface area contributed by atoms with Crippen LogP contribution in [0.15, 0.2) is 35.4 Å². The molecule has 0 bridgehead atoms. The number of carbonyl (C=O) groups is 1. The number of hydrogen-bond donors (Lipinski definition) is 1. The van der Waals surface area contributed by atoms with Crippen molar-refractivity contribution in [1.82, 2.24) is 24.4 Å². The van der Waals surface area contributed by atoms with Crippen LogP contribution in [-0.4, -0.2) is 30.8 Å². The molecule has 0 saturated carbocycles. The molecule has 166 valence electrons. The van der Waals surface area contributed by atoms with E-state index in [9.17, 15) is 9.59 Å². The Balaban J connectivity index is 1.87. The van der Waals surface area contributed by atoms with Gasteiger partial charge >= 0.3 is 11.8 Å². The number of ether oxygens (including phenoxy) is 1. The number of pyridine rings is 2. The van der Waals surface area contributed by atoms with E-state index >= 15 is 0 Å². The van der Waals surface area contributed by atoms with E-state index in [1.807, 2.05) is 39.0 Å². The highest BCUT2D eigenvalue weighted by Gasteiger charge is 2.19. The Kier molecular flexibility index (Phi) is 5.93. The molecule has 0 radical (unpaired) electrons. The van der Waals surface area contributed by atoms with Crippen molar-refractivity contribution in [2.24, 2.45) is 12.5 Å². The van der Waals surface area contributed by atoms with Crippen molar-refractivity contribution >= 4 is 17.3 Å². The highest BCUT2D eigenvalue weighted by Crippen LogP contribution is 2.23. The Morgan fingerprint density at radius 1 is 1.13 bits per heavy atom. The fourth-order valence-electron chi connectivity index (χ4n) is 3.27. The number of carbonyl (C=O) groups excluding carboxylic acids is 1. The number of rotatable bonds is 4. The monoisotopic (exact) mass is 425 g/mol. The van der Waals surface area contributed by atoms with Crippen LogP contribution in [0.3, 0.4) is 0 Å². The lowest BCUT2D eigenvalue weighted by Crippen LogP contribution is -2.32. The zero-order valence-electron chi connectivity index (χ0n) is 19.3. The average Bonchev–Trinajstić information content (AvgIpc) is 2.88. The first-order valence-corrected chi connectivity index (χ1v) is 10.3. The standard InChI is InChI=1S/C23H31N5O3/c1-22(2,3)14-28-18-9-8-17(26-19(18)27(7)21(28)30)16-10-15(11-24-13-16)12-25-20(29)31-23(4,5)6/h8-11,13H,12,14H2,1-7H3,(H,25,29). The molecule has 0 spiro atoms. The molecule has 0 unspecified atom stereocenters. The summed E-state index contributed by atoms with van der Waals surface area (Å²) in [5, 5.41) is 2.74. The van der Waals surface area contributed by atoms with E-state index in [4.69, 9.17) is 9.72 Å². The Labute approximate surface area is 182 Å². The van der Waals surface area contributed by atoms with Gasteiger partial charge in [0.1, 0.15) is 5.60 Å². The number of hydrogen-bond acceptors (Lipinski definition) is 5. The zero-order chi connectivity index (χ0) is 23.0. The molecule has 3 aromatic heterocycles. The fourth-order valence-corrected chi connectivity index (χ4v) is 3.27. The van der Waals surface area contributed by atoms with Crippen LogP contribution < -0.4 is 11.0 Å². The molecule has 8 heteroatoms. The summed E-state index contributed by atoms with van der Waals surface area (Å²) < 4.78 is 8.61. The molecular weight excluding hydrogens is 394 g/mol. The lowest BCUT2D eigenvalue weighted by molar-refractivity contribution is 0.0523. The van der Waals surface area contributed by atoms with Crippen LogP contribution in [-0.2, 0) is 24.9 Å². The van der Waals surface area contributed by atoms with E-state index in [-0.39, 0.29) is 11.1 Å². The summed E-state index contributed by atoms with van der Waals surface area (Å²) in [4.78, 5) is 33.7. The Bertz CT molecular complexity index is 1160. The predicted octanol–water partition coefficient (Wildman–Crippen LogP) is 3.87. The summed E-state index contributed by atoms with van der Waals surface area (Å²) in [6.45, 7) is 12.7. The molecule has 0 aromatic carbocycles. The van der Waals surface area contributed by atoms with Crippen molar-refractivity contribution in [2.45, 2.75) is 60.2 Å². The summed E-state index contributed by atoms with van der Waals surface area (Å²) in [7, 11) is 1.74. The normalized spacial score (nSPS) is 12.2. The first-order valence-electron chi connectivity index (χ1n) is 10.3. The molecule has 0 aliphatic carbocycles. The summed E-state index contributed by atoms with van der Waals surface area (Å²) in [5.74, 6) is 0. The van der Waals surface area contributed by atoms with Gasteiger partial charge in [0.2, 0.25) is 0 Å². The number of nitrogens with zero attached hydrogens (tertiary/aromatic N) is 4. The maximum absolute atomic E-state index is 12.7. The smallest absolute Gasteiger partial charge is 0.407 e. The van der Waals surface area contributed by atoms with Crippen LogP contribution >= 0.6 is 0 Å². The van der Waals surface area contributed by atoms with Gasteiger partial charge in [0.15, 0.2) is 5.65 Å². The number of fused-ring (bicyclic) bond motifs is 1. The van der Waals surface area contributed by atoms with Gasteiger partial charge in [0, 0.05) is 38.1 Å². The Morgan fingerprint density at radius 3 is 2.48 bits per heavy atom. The van der Waals surface area contributed by atoms with Gasteiger partial charge in [-0.3, -0.25) is 14.1 Å². The lowest BCUT2D eigenvalue weighted by atomic mass is 9.97. The topological polar surface area (TPSA) is 91.0 Å². The molecule has 8 nitrogen and oxygen atoms in total. The van der Waals surface area contributed by atoms with Gasteiger partial charge in [-0.1, -0.05) is 20.8 Å². The van der Waals surface area contributed by atoms with Crippen molar-refractivity contribution in [1.29, 1.82) is 0 Å². The van der Waals surface area contributed by atoms with E-state index in [0.29, 0.717) is 24.4 Å². The minimum Gasteiger partial charge on any atom is -0.444 e. The molecule has 0 saturated heterocycles. The zero-order valence-corrected chi connectivity index (χ0v) is 19.3. The van der Waals surface area contributed by atoms with Crippen LogP contribution in [0.4, 0.5) is 4.79 Å². The van der Waals surface area contributed by atoms with Crippen LogP contribution in [0.1, 0.15) is 47.1 Å². The molecule has 3 rings (SSSR count). The van der Waals surface area contributed by atoms with Crippen molar-refractivity contribution in [3.05, 3.63) is 46.6 Å². The van der Waals surface area contributed by atoms with Gasteiger partial charge in [-0.05, 0) is 49.9 Å². The largest absolute Gasteiger partial charge is 0.444 e. The molecule has 0 atom stereocenters. The van der Waals surface area contributed by atoms with E-state index in [2.05, 4.69) is 31.1 Å². The van der Waals surface area contributed by atoms with E-state index in [1.54, 1.807) is 28.6 Å². The van der Waals surface area contributed by atoms with E-state index in [0.717, 1.165) is 16.6 Å².